The van der Waals surface area contributed by atoms with Crippen molar-refractivity contribution in [3.63, 3.8) is 0 Å². The monoisotopic (exact) mass is 345 g/mol. The van der Waals surface area contributed by atoms with Crippen LogP contribution in [0.1, 0.15) is 24.5 Å². The molecule has 2 atom stereocenters. The van der Waals surface area contributed by atoms with Gasteiger partial charge in [-0.3, -0.25) is 9.00 Å². The van der Waals surface area contributed by atoms with Gasteiger partial charge in [-0.2, -0.15) is 0 Å². The Bertz CT molecular complexity index is 477. The van der Waals surface area contributed by atoms with Gasteiger partial charge in [0.2, 0.25) is 5.91 Å². The molecular formula is C14H20BrNO2S. The number of hydrogen-bond acceptors (Lipinski definition) is 2. The first-order valence-electron chi connectivity index (χ1n) is 6.24. The summed E-state index contributed by atoms with van der Waals surface area (Å²) in [5.41, 5.74) is 2.14. The van der Waals surface area contributed by atoms with Crippen LogP contribution in [0.15, 0.2) is 22.7 Å². The fraction of sp³-hybridized carbons (Fsp3) is 0.500. The summed E-state index contributed by atoms with van der Waals surface area (Å²) in [4.78, 5) is 11.8. The van der Waals surface area contributed by atoms with Crippen LogP contribution in [-0.2, 0) is 22.0 Å². The molecule has 0 saturated heterocycles. The predicted octanol–water partition coefficient (Wildman–Crippen LogP) is 2.57. The van der Waals surface area contributed by atoms with Crippen molar-refractivity contribution in [3.8, 4) is 0 Å². The van der Waals surface area contributed by atoms with Crippen LogP contribution in [0.4, 0.5) is 0 Å². The third-order valence-electron chi connectivity index (χ3n) is 3.10. The van der Waals surface area contributed by atoms with E-state index in [2.05, 4.69) is 21.2 Å². The van der Waals surface area contributed by atoms with E-state index in [1.165, 1.54) is 0 Å². The largest absolute Gasteiger partial charge is 0.356 e. The Morgan fingerprint density at radius 3 is 2.74 bits per heavy atom. The van der Waals surface area contributed by atoms with Crippen LogP contribution >= 0.6 is 15.9 Å². The third-order valence-corrected chi connectivity index (χ3v) is 4.96. The van der Waals surface area contributed by atoms with Crippen LogP contribution in [0.5, 0.6) is 0 Å². The molecular weight excluding hydrogens is 326 g/mol. The number of rotatable bonds is 6. The Kier molecular flexibility index (Phi) is 6.72. The summed E-state index contributed by atoms with van der Waals surface area (Å²) in [6.07, 6.45) is 2.83. The Morgan fingerprint density at radius 2 is 2.16 bits per heavy atom. The molecule has 1 amide bonds. The molecule has 0 aromatic heterocycles. The first-order valence-corrected chi connectivity index (χ1v) is 8.65. The highest BCUT2D eigenvalue weighted by Gasteiger charge is 2.09. The first-order chi connectivity index (χ1) is 8.90. The zero-order valence-electron chi connectivity index (χ0n) is 11.5. The molecule has 1 aromatic carbocycles. The zero-order valence-corrected chi connectivity index (χ0v) is 13.9. The van der Waals surface area contributed by atoms with E-state index < -0.39 is 10.8 Å². The molecule has 0 saturated carbocycles. The minimum absolute atomic E-state index is 0.0134. The Balaban J connectivity index is 2.41. The first kappa shape index (κ1) is 16.4. The number of benzene rings is 1. The van der Waals surface area contributed by atoms with Gasteiger partial charge >= 0.3 is 0 Å². The second-order valence-corrected chi connectivity index (χ2v) is 7.41. The maximum atomic E-state index is 11.8. The highest BCUT2D eigenvalue weighted by atomic mass is 79.9. The molecule has 0 fully saturated rings. The van der Waals surface area contributed by atoms with Gasteiger partial charge in [-0.05, 0) is 36.6 Å². The van der Waals surface area contributed by atoms with E-state index in [4.69, 9.17) is 0 Å². The summed E-state index contributed by atoms with van der Waals surface area (Å²) in [6, 6.07) is 5.91. The van der Waals surface area contributed by atoms with Crippen LogP contribution in [0.3, 0.4) is 0 Å². The SMILES string of the molecule is Cc1cc(Br)ccc1CC(=O)NCCC(C)S(C)=O. The molecule has 5 heteroatoms. The minimum atomic E-state index is -0.826. The maximum absolute atomic E-state index is 11.8. The number of hydrogen-bond donors (Lipinski definition) is 1. The van der Waals surface area contributed by atoms with Crippen molar-refractivity contribution in [2.45, 2.75) is 31.9 Å². The van der Waals surface area contributed by atoms with E-state index in [1.54, 1.807) is 6.26 Å². The molecule has 0 aliphatic rings. The quantitative estimate of drug-likeness (QED) is 0.861. The third kappa shape index (κ3) is 5.87. The standard InChI is InChI=1S/C14H20BrNO2S/c1-10-8-13(15)5-4-12(10)9-14(17)16-7-6-11(2)19(3)18/h4-5,8,11H,6-7,9H2,1-3H3,(H,16,17). The van der Waals surface area contributed by atoms with Crippen LogP contribution in [0, 0.1) is 6.92 Å². The van der Waals surface area contributed by atoms with Crippen LogP contribution in [0.25, 0.3) is 0 Å². The Labute approximate surface area is 125 Å². The summed E-state index contributed by atoms with van der Waals surface area (Å²) >= 11 is 3.40. The lowest BCUT2D eigenvalue weighted by Gasteiger charge is -2.10. The fourth-order valence-electron chi connectivity index (χ4n) is 1.67. The highest BCUT2D eigenvalue weighted by molar-refractivity contribution is 9.10. The molecule has 1 rings (SSSR count). The summed E-state index contributed by atoms with van der Waals surface area (Å²) in [7, 11) is -0.826. The van der Waals surface area contributed by atoms with Gasteiger partial charge in [0.1, 0.15) is 0 Å². The van der Waals surface area contributed by atoms with E-state index in [9.17, 15) is 9.00 Å². The van der Waals surface area contributed by atoms with Gasteiger partial charge in [-0.15, -0.1) is 0 Å². The summed E-state index contributed by atoms with van der Waals surface area (Å²) < 4.78 is 12.2. The number of nitrogens with one attached hydrogen (secondary N) is 1. The van der Waals surface area contributed by atoms with Gasteiger partial charge in [-0.25, -0.2) is 0 Å². The number of aryl methyl sites for hydroxylation is 1. The molecule has 0 aliphatic heterocycles. The van der Waals surface area contributed by atoms with E-state index in [0.29, 0.717) is 13.0 Å². The van der Waals surface area contributed by atoms with Crippen molar-refractivity contribution in [3.05, 3.63) is 33.8 Å². The summed E-state index contributed by atoms with van der Waals surface area (Å²) in [5.74, 6) is 0.0134. The second kappa shape index (κ2) is 7.80. The lowest BCUT2D eigenvalue weighted by atomic mass is 10.1. The Hall–Kier alpha value is -0.680. The molecule has 1 N–H and O–H groups in total. The van der Waals surface area contributed by atoms with Gasteiger partial charge in [0.25, 0.3) is 0 Å². The zero-order chi connectivity index (χ0) is 14.4. The lowest BCUT2D eigenvalue weighted by Crippen LogP contribution is -2.28. The molecule has 19 heavy (non-hydrogen) atoms. The molecule has 0 spiro atoms. The van der Waals surface area contributed by atoms with Gasteiger partial charge in [0.05, 0.1) is 6.42 Å². The molecule has 0 aliphatic carbocycles. The number of halogens is 1. The van der Waals surface area contributed by atoms with Crippen molar-refractivity contribution in [2.24, 2.45) is 0 Å². The predicted molar refractivity (Wildman–Crippen MR) is 83.7 cm³/mol. The smallest absolute Gasteiger partial charge is 0.224 e. The van der Waals surface area contributed by atoms with Crippen LogP contribution in [-0.4, -0.2) is 28.2 Å². The molecule has 1 aromatic rings. The van der Waals surface area contributed by atoms with Gasteiger partial charge in [0.15, 0.2) is 0 Å². The van der Waals surface area contributed by atoms with Crippen LogP contribution < -0.4 is 5.32 Å². The number of carbonyl (C=O) groups excluding carboxylic acids is 1. The topological polar surface area (TPSA) is 46.2 Å². The summed E-state index contributed by atoms with van der Waals surface area (Å²) in [6.45, 7) is 4.51. The normalized spacial score (nSPS) is 13.9. The van der Waals surface area contributed by atoms with E-state index >= 15 is 0 Å². The van der Waals surface area contributed by atoms with Crippen molar-refractivity contribution >= 4 is 32.6 Å². The number of amides is 1. The second-order valence-electron chi connectivity index (χ2n) is 4.70. The average molecular weight is 346 g/mol. The molecule has 3 nitrogen and oxygen atoms in total. The van der Waals surface area contributed by atoms with Crippen molar-refractivity contribution in [2.75, 3.05) is 12.8 Å². The van der Waals surface area contributed by atoms with Gasteiger partial charge in [0, 0.05) is 33.3 Å². The van der Waals surface area contributed by atoms with Crippen molar-refractivity contribution < 1.29 is 9.00 Å². The lowest BCUT2D eigenvalue weighted by molar-refractivity contribution is -0.120. The van der Waals surface area contributed by atoms with Crippen molar-refractivity contribution in [1.29, 1.82) is 0 Å². The molecule has 0 radical (unpaired) electrons. The molecule has 0 bridgehead atoms. The highest BCUT2D eigenvalue weighted by Crippen LogP contribution is 2.16. The van der Waals surface area contributed by atoms with Gasteiger partial charge in [-0.1, -0.05) is 28.9 Å². The minimum Gasteiger partial charge on any atom is -0.356 e. The Morgan fingerprint density at radius 1 is 1.47 bits per heavy atom. The number of carbonyl (C=O) groups is 1. The van der Waals surface area contributed by atoms with Gasteiger partial charge < -0.3 is 5.32 Å². The summed E-state index contributed by atoms with van der Waals surface area (Å²) in [5, 5.41) is 2.99. The molecule has 2 unspecified atom stereocenters. The van der Waals surface area contributed by atoms with E-state index in [1.807, 2.05) is 32.0 Å². The van der Waals surface area contributed by atoms with Crippen LogP contribution in [0.2, 0.25) is 0 Å². The molecule has 106 valence electrons. The average Bonchev–Trinajstić information content (AvgIpc) is 2.32. The maximum Gasteiger partial charge on any atom is 0.224 e. The van der Waals surface area contributed by atoms with E-state index in [0.717, 1.165) is 22.0 Å². The fourth-order valence-corrected chi connectivity index (χ4v) is 2.60. The van der Waals surface area contributed by atoms with E-state index in [-0.39, 0.29) is 11.2 Å². The molecule has 0 heterocycles. The van der Waals surface area contributed by atoms with Crippen molar-refractivity contribution in [1.82, 2.24) is 5.32 Å².